The fourth-order valence-electron chi connectivity index (χ4n) is 1.30. The van der Waals surface area contributed by atoms with E-state index < -0.39 is 0 Å². The van der Waals surface area contributed by atoms with Gasteiger partial charge in [-0.3, -0.25) is 4.79 Å². The second-order valence-electron chi connectivity index (χ2n) is 3.49. The smallest absolute Gasteiger partial charge is 0.224 e. The van der Waals surface area contributed by atoms with E-state index in [1.54, 1.807) is 13.2 Å². The maximum Gasteiger partial charge on any atom is 0.224 e. The molecule has 0 atom stereocenters. The van der Waals surface area contributed by atoms with Crippen LogP contribution in [0.5, 0.6) is 0 Å². The van der Waals surface area contributed by atoms with E-state index in [-0.39, 0.29) is 11.2 Å². The van der Waals surface area contributed by atoms with Crippen molar-refractivity contribution in [1.82, 2.24) is 15.3 Å². The van der Waals surface area contributed by atoms with Gasteiger partial charge in [-0.1, -0.05) is 0 Å². The van der Waals surface area contributed by atoms with Crippen molar-refractivity contribution >= 4 is 23.3 Å². The Morgan fingerprint density at radius 2 is 2.31 bits per heavy atom. The Hall–Kier alpha value is -1.36. The first-order valence-corrected chi connectivity index (χ1v) is 5.33. The molecule has 0 aliphatic carbocycles. The number of anilines is 1. The van der Waals surface area contributed by atoms with E-state index in [4.69, 9.17) is 11.6 Å². The molecule has 88 valence electrons. The van der Waals surface area contributed by atoms with E-state index in [0.717, 1.165) is 11.4 Å². The summed E-state index contributed by atoms with van der Waals surface area (Å²) in [4.78, 5) is 21.0. The van der Waals surface area contributed by atoms with Crippen LogP contribution in [0.4, 0.5) is 5.82 Å². The van der Waals surface area contributed by atoms with Crippen LogP contribution in [0.2, 0.25) is 5.28 Å². The molecule has 0 aliphatic rings. The Bertz CT molecular complexity index is 383. The lowest BCUT2D eigenvalue weighted by Crippen LogP contribution is -2.27. The molecular formula is C10H15ClN4O. The lowest BCUT2D eigenvalue weighted by molar-refractivity contribution is -0.120. The third kappa shape index (κ3) is 3.34. The highest BCUT2D eigenvalue weighted by Gasteiger charge is 2.09. The Morgan fingerprint density at radius 3 is 2.94 bits per heavy atom. The van der Waals surface area contributed by atoms with E-state index in [9.17, 15) is 4.79 Å². The van der Waals surface area contributed by atoms with Gasteiger partial charge in [-0.25, -0.2) is 9.97 Å². The van der Waals surface area contributed by atoms with E-state index in [1.807, 2.05) is 18.9 Å². The molecule has 0 aromatic carbocycles. The number of aromatic nitrogens is 2. The largest absolute Gasteiger partial charge is 0.359 e. The number of nitrogens with zero attached hydrogens (tertiary/aromatic N) is 3. The van der Waals surface area contributed by atoms with Crippen LogP contribution in [0, 0.1) is 6.92 Å². The van der Waals surface area contributed by atoms with Crippen molar-refractivity contribution in [2.24, 2.45) is 0 Å². The summed E-state index contributed by atoms with van der Waals surface area (Å²) in [5.74, 6) is 0.758. The minimum atomic E-state index is 0.00431. The summed E-state index contributed by atoms with van der Waals surface area (Å²) in [6, 6.07) is 0. The average Bonchev–Trinajstić information content (AvgIpc) is 2.28. The standard InChI is InChI=1S/C10H15ClN4O/c1-7-6-13-10(11)14-9(7)15(3)5-4-8(16)12-2/h6H,4-5H2,1-3H3,(H,12,16). The van der Waals surface area contributed by atoms with Gasteiger partial charge in [0.1, 0.15) is 5.82 Å². The summed E-state index contributed by atoms with van der Waals surface area (Å²) in [7, 11) is 3.49. The molecule has 0 fully saturated rings. The number of amides is 1. The Morgan fingerprint density at radius 1 is 1.62 bits per heavy atom. The molecule has 1 heterocycles. The van der Waals surface area contributed by atoms with Crippen LogP contribution in [0.3, 0.4) is 0 Å². The van der Waals surface area contributed by atoms with Crippen molar-refractivity contribution in [2.45, 2.75) is 13.3 Å². The molecule has 0 spiro atoms. The first kappa shape index (κ1) is 12.7. The molecule has 0 saturated heterocycles. The molecule has 6 heteroatoms. The predicted molar refractivity (Wildman–Crippen MR) is 63.7 cm³/mol. The van der Waals surface area contributed by atoms with Gasteiger partial charge in [-0.15, -0.1) is 0 Å². The van der Waals surface area contributed by atoms with Crippen LogP contribution in [0.15, 0.2) is 6.20 Å². The van der Waals surface area contributed by atoms with Crippen LogP contribution in [0.1, 0.15) is 12.0 Å². The van der Waals surface area contributed by atoms with Gasteiger partial charge in [0.15, 0.2) is 0 Å². The third-order valence-electron chi connectivity index (χ3n) is 2.23. The van der Waals surface area contributed by atoms with Crippen molar-refractivity contribution in [1.29, 1.82) is 0 Å². The number of halogens is 1. The second kappa shape index (κ2) is 5.65. The number of rotatable bonds is 4. The summed E-state index contributed by atoms with van der Waals surface area (Å²) in [6.07, 6.45) is 2.09. The van der Waals surface area contributed by atoms with Crippen LogP contribution in [-0.4, -0.2) is 36.5 Å². The van der Waals surface area contributed by atoms with Gasteiger partial charge in [-0.2, -0.15) is 0 Å². The van der Waals surface area contributed by atoms with E-state index in [1.165, 1.54) is 0 Å². The lowest BCUT2D eigenvalue weighted by Gasteiger charge is -2.19. The predicted octanol–water partition coefficient (Wildman–Crippen LogP) is 1.01. The first-order chi connectivity index (χ1) is 7.54. The number of aryl methyl sites for hydroxylation is 1. The van der Waals surface area contributed by atoms with Gasteiger partial charge in [0, 0.05) is 38.8 Å². The Balaban J connectivity index is 2.68. The molecule has 16 heavy (non-hydrogen) atoms. The van der Waals surface area contributed by atoms with E-state index >= 15 is 0 Å². The molecule has 1 aromatic heterocycles. The summed E-state index contributed by atoms with van der Waals surface area (Å²) < 4.78 is 0. The van der Waals surface area contributed by atoms with E-state index in [2.05, 4.69) is 15.3 Å². The highest BCUT2D eigenvalue weighted by Crippen LogP contribution is 2.16. The minimum Gasteiger partial charge on any atom is -0.359 e. The highest BCUT2D eigenvalue weighted by atomic mass is 35.5. The number of nitrogens with one attached hydrogen (secondary N) is 1. The molecule has 0 aliphatic heterocycles. The summed E-state index contributed by atoms with van der Waals surface area (Å²) in [5, 5.41) is 2.79. The number of carbonyl (C=O) groups excluding carboxylic acids is 1. The van der Waals surface area contributed by atoms with Crippen molar-refractivity contribution in [3.63, 3.8) is 0 Å². The zero-order chi connectivity index (χ0) is 12.1. The SMILES string of the molecule is CNC(=O)CCN(C)c1nc(Cl)ncc1C. The maximum absolute atomic E-state index is 11.1. The second-order valence-corrected chi connectivity index (χ2v) is 3.83. The van der Waals surface area contributed by atoms with Gasteiger partial charge >= 0.3 is 0 Å². The number of hydrogen-bond acceptors (Lipinski definition) is 4. The maximum atomic E-state index is 11.1. The van der Waals surface area contributed by atoms with Gasteiger partial charge in [0.25, 0.3) is 0 Å². The quantitative estimate of drug-likeness (QED) is 0.801. The molecule has 0 saturated carbocycles. The van der Waals surface area contributed by atoms with Gasteiger partial charge in [0.2, 0.25) is 11.2 Å². The number of hydrogen-bond donors (Lipinski definition) is 1. The third-order valence-corrected chi connectivity index (χ3v) is 2.41. The van der Waals surface area contributed by atoms with Gasteiger partial charge < -0.3 is 10.2 Å². The fourth-order valence-corrected chi connectivity index (χ4v) is 1.43. The monoisotopic (exact) mass is 242 g/mol. The van der Waals surface area contributed by atoms with Crippen molar-refractivity contribution < 1.29 is 4.79 Å². The zero-order valence-corrected chi connectivity index (χ0v) is 10.4. The molecule has 1 N–H and O–H groups in total. The Kier molecular flexibility index (Phi) is 4.49. The molecule has 1 amide bonds. The van der Waals surface area contributed by atoms with Crippen molar-refractivity contribution in [3.05, 3.63) is 17.0 Å². The highest BCUT2D eigenvalue weighted by molar-refractivity contribution is 6.28. The average molecular weight is 243 g/mol. The first-order valence-electron chi connectivity index (χ1n) is 4.95. The van der Waals surface area contributed by atoms with Gasteiger partial charge in [-0.05, 0) is 18.5 Å². The van der Waals surface area contributed by atoms with Crippen LogP contribution in [-0.2, 0) is 4.79 Å². The minimum absolute atomic E-state index is 0.00431. The molecule has 5 nitrogen and oxygen atoms in total. The molecule has 1 aromatic rings. The molecule has 0 unspecified atom stereocenters. The van der Waals surface area contributed by atoms with Gasteiger partial charge in [0.05, 0.1) is 0 Å². The van der Waals surface area contributed by atoms with Crippen LogP contribution < -0.4 is 10.2 Å². The zero-order valence-electron chi connectivity index (χ0n) is 9.62. The fraction of sp³-hybridized carbons (Fsp3) is 0.500. The van der Waals surface area contributed by atoms with Crippen LogP contribution in [0.25, 0.3) is 0 Å². The topological polar surface area (TPSA) is 58.1 Å². The van der Waals surface area contributed by atoms with Crippen molar-refractivity contribution in [3.8, 4) is 0 Å². The summed E-state index contributed by atoms with van der Waals surface area (Å²) in [6.45, 7) is 2.50. The number of carbonyl (C=O) groups is 1. The van der Waals surface area contributed by atoms with Crippen molar-refractivity contribution in [2.75, 3.05) is 25.5 Å². The molecule has 1 rings (SSSR count). The Labute approximate surface area is 99.8 Å². The normalized spacial score (nSPS) is 10.0. The van der Waals surface area contributed by atoms with Crippen LogP contribution >= 0.6 is 11.6 Å². The lowest BCUT2D eigenvalue weighted by atomic mass is 10.3. The molecular weight excluding hydrogens is 228 g/mol. The summed E-state index contributed by atoms with van der Waals surface area (Å²) in [5.41, 5.74) is 0.934. The summed E-state index contributed by atoms with van der Waals surface area (Å²) >= 11 is 5.72. The molecule has 0 bridgehead atoms. The van der Waals surface area contributed by atoms with E-state index in [0.29, 0.717) is 13.0 Å². The molecule has 0 radical (unpaired) electrons.